The molecule has 1 N–H and O–H groups in total. The number of ether oxygens (including phenoxy) is 1. The van der Waals surface area contributed by atoms with Gasteiger partial charge in [0.05, 0.1) is 5.56 Å². The molecule has 0 radical (unpaired) electrons. The van der Waals surface area contributed by atoms with Crippen molar-refractivity contribution in [2.75, 3.05) is 0 Å². The molecule has 0 amide bonds. The molecule has 4 heteroatoms. The van der Waals surface area contributed by atoms with Crippen LogP contribution in [-0.4, -0.2) is 17.0 Å². The highest BCUT2D eigenvalue weighted by molar-refractivity contribution is 6.06. The van der Waals surface area contributed by atoms with E-state index < -0.39 is 11.9 Å². The van der Waals surface area contributed by atoms with Crippen LogP contribution in [0.4, 0.5) is 0 Å². The lowest BCUT2D eigenvalue weighted by atomic mass is 10.0. The van der Waals surface area contributed by atoms with E-state index >= 15 is 0 Å². The van der Waals surface area contributed by atoms with Gasteiger partial charge in [0.2, 0.25) is 0 Å². The van der Waals surface area contributed by atoms with E-state index in [1.165, 1.54) is 6.07 Å². The number of hydrogen-bond acceptors (Lipinski definition) is 3. The molecule has 19 heavy (non-hydrogen) atoms. The van der Waals surface area contributed by atoms with E-state index in [0.717, 1.165) is 0 Å². The summed E-state index contributed by atoms with van der Waals surface area (Å²) in [5.41, 5.74) is 0.456. The summed E-state index contributed by atoms with van der Waals surface area (Å²) in [4.78, 5) is 22.7. The van der Waals surface area contributed by atoms with Crippen LogP contribution in [0.25, 0.3) is 10.8 Å². The van der Waals surface area contributed by atoms with E-state index in [-0.39, 0.29) is 11.1 Å². The molecular weight excluding hydrogens is 244 g/mol. The van der Waals surface area contributed by atoms with Crippen LogP contribution in [0.5, 0.6) is 5.75 Å². The van der Waals surface area contributed by atoms with Crippen molar-refractivity contribution in [1.29, 1.82) is 0 Å². The first-order valence-corrected chi connectivity index (χ1v) is 5.63. The Hall–Kier alpha value is -2.62. The number of aromatic carboxylic acids is 1. The number of hydrogen-bond donors (Lipinski definition) is 1. The highest BCUT2D eigenvalue weighted by atomic mass is 16.5. The van der Waals surface area contributed by atoms with Crippen LogP contribution < -0.4 is 4.74 Å². The molecule has 0 aliphatic carbocycles. The minimum absolute atomic E-state index is 0.172. The van der Waals surface area contributed by atoms with Crippen molar-refractivity contribution < 1.29 is 19.4 Å². The fourth-order valence-corrected chi connectivity index (χ4v) is 1.74. The minimum Gasteiger partial charge on any atom is -0.478 e. The summed E-state index contributed by atoms with van der Waals surface area (Å²) in [6.07, 6.45) is 0. The first-order valence-electron chi connectivity index (χ1n) is 5.63. The molecule has 2 aromatic rings. The number of rotatable bonds is 3. The average molecular weight is 256 g/mol. The number of carboxylic acids is 1. The lowest BCUT2D eigenvalue weighted by Gasteiger charge is -2.09. The van der Waals surface area contributed by atoms with Gasteiger partial charge in [-0.15, -0.1) is 0 Å². The molecule has 4 nitrogen and oxygen atoms in total. The molecule has 0 saturated carbocycles. The molecular formula is C15H12O4. The monoisotopic (exact) mass is 256 g/mol. The Morgan fingerprint density at radius 2 is 1.74 bits per heavy atom. The Morgan fingerprint density at radius 3 is 2.37 bits per heavy atom. The Balaban J connectivity index is 2.58. The van der Waals surface area contributed by atoms with Gasteiger partial charge in [-0.2, -0.15) is 0 Å². The summed E-state index contributed by atoms with van der Waals surface area (Å²) in [5, 5.41) is 10.2. The van der Waals surface area contributed by atoms with Crippen LogP contribution in [0.15, 0.2) is 48.6 Å². The molecule has 0 spiro atoms. The summed E-state index contributed by atoms with van der Waals surface area (Å²) < 4.78 is 5.19. The van der Waals surface area contributed by atoms with E-state index in [9.17, 15) is 9.59 Å². The molecule has 2 rings (SSSR count). The number of carbonyl (C=O) groups excluding carboxylic acids is 1. The molecule has 0 aromatic heterocycles. The zero-order valence-corrected chi connectivity index (χ0v) is 10.3. The van der Waals surface area contributed by atoms with Crippen LogP contribution in [0.1, 0.15) is 17.3 Å². The highest BCUT2D eigenvalue weighted by Gasteiger charge is 2.13. The lowest BCUT2D eigenvalue weighted by molar-refractivity contribution is -0.129. The van der Waals surface area contributed by atoms with Crippen LogP contribution in [0.3, 0.4) is 0 Å². The molecule has 0 unspecified atom stereocenters. The molecule has 0 fully saturated rings. The van der Waals surface area contributed by atoms with Crippen LogP contribution in [-0.2, 0) is 4.79 Å². The topological polar surface area (TPSA) is 63.6 Å². The van der Waals surface area contributed by atoms with Gasteiger partial charge in [0.25, 0.3) is 0 Å². The first kappa shape index (κ1) is 12.8. The minimum atomic E-state index is -1.02. The van der Waals surface area contributed by atoms with Crippen molar-refractivity contribution in [2.45, 2.75) is 6.92 Å². The molecule has 0 aliphatic rings. The van der Waals surface area contributed by atoms with E-state index in [2.05, 4.69) is 6.58 Å². The van der Waals surface area contributed by atoms with Crippen LogP contribution in [0, 0.1) is 0 Å². The van der Waals surface area contributed by atoms with Crippen LogP contribution >= 0.6 is 0 Å². The predicted octanol–water partition coefficient (Wildman–Crippen LogP) is 3.02. The van der Waals surface area contributed by atoms with Crippen molar-refractivity contribution in [3.63, 3.8) is 0 Å². The Kier molecular flexibility index (Phi) is 3.33. The second kappa shape index (κ2) is 4.94. The summed E-state index contributed by atoms with van der Waals surface area (Å²) in [7, 11) is 0. The maximum Gasteiger partial charge on any atom is 0.338 e. The van der Waals surface area contributed by atoms with Crippen molar-refractivity contribution >= 4 is 22.7 Å². The molecule has 0 aliphatic heterocycles. The maximum absolute atomic E-state index is 11.5. The van der Waals surface area contributed by atoms with Gasteiger partial charge in [0.1, 0.15) is 5.75 Å². The third-order valence-electron chi connectivity index (χ3n) is 2.66. The van der Waals surface area contributed by atoms with Gasteiger partial charge in [-0.1, -0.05) is 30.8 Å². The fraction of sp³-hybridized carbons (Fsp3) is 0.0667. The third kappa shape index (κ3) is 2.47. The molecule has 0 saturated heterocycles. The van der Waals surface area contributed by atoms with Crippen molar-refractivity contribution in [3.05, 3.63) is 54.1 Å². The zero-order chi connectivity index (χ0) is 14.0. The maximum atomic E-state index is 11.5. The second-order valence-electron chi connectivity index (χ2n) is 4.13. The molecule has 0 heterocycles. The average Bonchev–Trinajstić information content (AvgIpc) is 2.38. The third-order valence-corrected chi connectivity index (χ3v) is 2.66. The zero-order valence-electron chi connectivity index (χ0n) is 10.3. The summed E-state index contributed by atoms with van der Waals surface area (Å²) in [5.74, 6) is -1.23. The largest absolute Gasteiger partial charge is 0.478 e. The SMILES string of the molecule is C=C(C)C(=O)Oc1cccc2c(C(=O)O)cccc12. The van der Waals surface area contributed by atoms with E-state index in [1.807, 2.05) is 0 Å². The first-order chi connectivity index (χ1) is 9.00. The predicted molar refractivity (Wildman–Crippen MR) is 71.4 cm³/mol. The Labute approximate surface area is 109 Å². The number of esters is 1. The van der Waals surface area contributed by atoms with E-state index in [0.29, 0.717) is 16.5 Å². The molecule has 0 atom stereocenters. The summed E-state index contributed by atoms with van der Waals surface area (Å²) >= 11 is 0. The number of benzene rings is 2. The van der Waals surface area contributed by atoms with Crippen molar-refractivity contribution in [2.24, 2.45) is 0 Å². The van der Waals surface area contributed by atoms with E-state index in [4.69, 9.17) is 9.84 Å². The molecule has 0 bridgehead atoms. The van der Waals surface area contributed by atoms with Gasteiger partial charge < -0.3 is 9.84 Å². The fourth-order valence-electron chi connectivity index (χ4n) is 1.74. The molecule has 2 aromatic carbocycles. The molecule has 96 valence electrons. The van der Waals surface area contributed by atoms with Gasteiger partial charge in [-0.05, 0) is 24.4 Å². The highest BCUT2D eigenvalue weighted by Crippen LogP contribution is 2.28. The van der Waals surface area contributed by atoms with Gasteiger partial charge in [-0.3, -0.25) is 0 Å². The number of carboxylic acid groups (broad SMARTS) is 1. The quantitative estimate of drug-likeness (QED) is 0.521. The standard InChI is InChI=1S/C15H12O4/c1-9(2)15(18)19-13-8-4-5-10-11(13)6-3-7-12(10)14(16)17/h3-8H,1H2,2H3,(H,16,17). The number of carbonyl (C=O) groups is 2. The van der Waals surface area contributed by atoms with Gasteiger partial charge >= 0.3 is 11.9 Å². The second-order valence-corrected chi connectivity index (χ2v) is 4.13. The summed E-state index contributed by atoms with van der Waals surface area (Å²) in [6.45, 7) is 5.06. The number of fused-ring (bicyclic) bond motifs is 1. The van der Waals surface area contributed by atoms with Crippen molar-refractivity contribution in [1.82, 2.24) is 0 Å². The Morgan fingerprint density at radius 1 is 1.11 bits per heavy atom. The summed E-state index contributed by atoms with van der Waals surface area (Å²) in [6, 6.07) is 9.78. The Bertz CT molecular complexity index is 686. The lowest BCUT2D eigenvalue weighted by Crippen LogP contribution is -2.08. The van der Waals surface area contributed by atoms with E-state index in [1.54, 1.807) is 37.3 Å². The van der Waals surface area contributed by atoms with Gasteiger partial charge in [0.15, 0.2) is 0 Å². The smallest absolute Gasteiger partial charge is 0.338 e. The van der Waals surface area contributed by atoms with Crippen molar-refractivity contribution in [3.8, 4) is 5.75 Å². The van der Waals surface area contributed by atoms with Gasteiger partial charge in [0, 0.05) is 11.0 Å². The van der Waals surface area contributed by atoms with Crippen LogP contribution in [0.2, 0.25) is 0 Å². The van der Waals surface area contributed by atoms with Gasteiger partial charge in [-0.25, -0.2) is 9.59 Å². The normalized spacial score (nSPS) is 10.2.